The fraction of sp³-hybridized carbons (Fsp3) is 0.400. The molecular formula is C50H66BrFN17NaO8. The van der Waals surface area contributed by atoms with E-state index in [9.17, 15) is 34.8 Å². The van der Waals surface area contributed by atoms with Crippen LogP contribution in [0.25, 0.3) is 44.1 Å². The van der Waals surface area contributed by atoms with Crippen LogP contribution in [0.15, 0.2) is 94.7 Å². The van der Waals surface area contributed by atoms with Crippen LogP contribution >= 0.6 is 15.9 Å². The quantitative estimate of drug-likeness (QED) is 0.0399. The van der Waals surface area contributed by atoms with Crippen molar-refractivity contribution in [3.05, 3.63) is 126 Å². The molecule has 78 heavy (non-hydrogen) atoms. The molecule has 0 amide bonds. The minimum Gasteiger partial charge on any atom is -0.508 e. The molecule has 0 fully saturated rings. The van der Waals surface area contributed by atoms with Crippen LogP contribution in [-0.2, 0) is 26.2 Å². The monoisotopic (exact) mass is 1150 g/mol. The van der Waals surface area contributed by atoms with Crippen molar-refractivity contribution in [1.29, 1.82) is 0 Å². The van der Waals surface area contributed by atoms with Crippen LogP contribution < -0.4 is 41.0 Å². The Kier molecular flexibility index (Phi) is 22.6. The van der Waals surface area contributed by atoms with E-state index >= 15 is 0 Å². The number of nitro groups is 2. The Morgan fingerprint density at radius 3 is 1.37 bits per heavy atom. The first kappa shape index (κ1) is 64.8. The average molecular weight is 1160 g/mol. The molecule has 0 aliphatic rings. The predicted octanol–water partition coefficient (Wildman–Crippen LogP) is 8.39. The number of nitrogens with two attached hydrogens (primary N) is 2. The zero-order chi connectivity index (χ0) is 57.8. The molecule has 9 rings (SSSR count). The average Bonchev–Trinajstić information content (AvgIpc) is 4.10. The van der Waals surface area contributed by atoms with E-state index in [0.29, 0.717) is 15.5 Å². The number of benzene rings is 5. The molecule has 0 saturated carbocycles. The van der Waals surface area contributed by atoms with Crippen LogP contribution in [-0.4, -0.2) is 80.0 Å². The molecular weight excluding hydrogens is 1090 g/mol. The molecule has 0 aliphatic carbocycles. The number of fused-ring (bicyclic) bond motifs is 4. The van der Waals surface area contributed by atoms with Gasteiger partial charge in [-0.2, -0.15) is 0 Å². The molecule has 0 aliphatic heterocycles. The summed E-state index contributed by atoms with van der Waals surface area (Å²) in [6.07, 6.45) is 0. The summed E-state index contributed by atoms with van der Waals surface area (Å²) < 4.78 is 20.4. The molecule has 0 bridgehead atoms. The summed E-state index contributed by atoms with van der Waals surface area (Å²) >= 11 is 3.31. The predicted molar refractivity (Wildman–Crippen MR) is 299 cm³/mol. The van der Waals surface area contributed by atoms with Gasteiger partial charge >= 0.3 is 29.6 Å². The number of nitrogens with zero attached hydrogens (tertiary/aromatic N) is 15. The number of hydrogen-bond donors (Lipinski definition) is 4. The maximum Gasteiger partial charge on any atom is 1.00 e. The second-order valence-corrected chi connectivity index (χ2v) is 23.2. The summed E-state index contributed by atoms with van der Waals surface area (Å²) in [6.45, 7) is 28.9. The molecule has 28 heteroatoms. The van der Waals surface area contributed by atoms with Gasteiger partial charge in [-0.1, -0.05) is 104 Å². The normalized spacial score (nSPS) is 11.3. The summed E-state index contributed by atoms with van der Waals surface area (Å²) in [7, 11) is 0. The smallest absolute Gasteiger partial charge is 0.508 e. The number of nitrogen functional groups attached to an aromatic ring is 2. The fourth-order valence-electron chi connectivity index (χ4n) is 6.93. The molecule has 0 radical (unpaired) electrons. The number of rotatable bonds is 6. The van der Waals surface area contributed by atoms with Crippen LogP contribution in [0.4, 0.5) is 27.1 Å². The summed E-state index contributed by atoms with van der Waals surface area (Å²) in [4.78, 5) is 27.7. The zero-order valence-corrected chi connectivity index (χ0v) is 49.5. The molecule has 0 spiro atoms. The van der Waals surface area contributed by atoms with E-state index in [1.807, 2.05) is 44.4 Å². The van der Waals surface area contributed by atoms with Crippen LogP contribution in [0.2, 0.25) is 0 Å². The number of anilines is 2. The van der Waals surface area contributed by atoms with E-state index < -0.39 is 15.7 Å². The molecule has 0 unspecified atom stereocenters. The number of phenols is 2. The molecule has 4 heterocycles. The molecule has 0 atom stereocenters. The Morgan fingerprint density at radius 2 is 0.936 bits per heavy atom. The Labute approximate surface area is 480 Å². The second-order valence-electron chi connectivity index (χ2n) is 22.4. The van der Waals surface area contributed by atoms with Crippen molar-refractivity contribution < 1.29 is 55.4 Å². The minimum atomic E-state index is -0.643. The van der Waals surface area contributed by atoms with Gasteiger partial charge in [0.1, 0.15) is 39.4 Å². The van der Waals surface area contributed by atoms with E-state index in [0.717, 1.165) is 88.5 Å². The summed E-state index contributed by atoms with van der Waals surface area (Å²) in [6, 6.07) is 21.9. The van der Waals surface area contributed by atoms with Crippen molar-refractivity contribution in [3.63, 3.8) is 0 Å². The van der Waals surface area contributed by atoms with Crippen LogP contribution in [0.1, 0.15) is 84.5 Å². The molecule has 414 valence electrons. The van der Waals surface area contributed by atoms with Gasteiger partial charge in [0.05, 0.1) is 42.1 Å². The molecule has 9 aromatic rings. The van der Waals surface area contributed by atoms with Crippen molar-refractivity contribution in [2.75, 3.05) is 11.5 Å². The van der Waals surface area contributed by atoms with Gasteiger partial charge in [-0.3, -0.25) is 20.2 Å². The Morgan fingerprint density at radius 1 is 0.577 bits per heavy atom. The number of hydrogen-bond acceptors (Lipinski definition) is 19. The third-order valence-corrected chi connectivity index (χ3v) is 10.8. The topological polar surface area (TPSA) is 354 Å². The third kappa shape index (κ3) is 19.8. The van der Waals surface area contributed by atoms with E-state index in [4.69, 9.17) is 21.6 Å². The number of nitro benzene ring substituents is 2. The summed E-state index contributed by atoms with van der Waals surface area (Å²) in [5.41, 5.74) is 18.3. The zero-order valence-electron chi connectivity index (χ0n) is 45.9. The van der Waals surface area contributed by atoms with Crippen molar-refractivity contribution >= 4 is 82.8 Å². The first-order valence-electron chi connectivity index (χ1n) is 23.6. The van der Waals surface area contributed by atoms with Gasteiger partial charge in [0.15, 0.2) is 0 Å². The van der Waals surface area contributed by atoms with Gasteiger partial charge in [0, 0.05) is 63.6 Å². The molecule has 6 N–H and O–H groups in total. The molecule has 5 aromatic carbocycles. The van der Waals surface area contributed by atoms with Crippen molar-refractivity contribution in [3.8, 4) is 11.5 Å². The third-order valence-electron chi connectivity index (χ3n) is 10.0. The minimum absolute atomic E-state index is 0. The Hall–Kier alpha value is -7.49. The van der Waals surface area contributed by atoms with Gasteiger partial charge < -0.3 is 31.8 Å². The first-order valence-corrected chi connectivity index (χ1v) is 24.4. The second kappa shape index (κ2) is 27.2. The van der Waals surface area contributed by atoms with Crippen molar-refractivity contribution in [1.82, 2.24) is 60.0 Å². The number of non-ortho nitro benzene ring substituents is 2. The summed E-state index contributed by atoms with van der Waals surface area (Å²) in [5, 5.41) is 81.0. The first-order chi connectivity index (χ1) is 35.7. The maximum atomic E-state index is 12.4. The maximum absolute atomic E-state index is 12.4. The van der Waals surface area contributed by atoms with Crippen LogP contribution in [0.5, 0.6) is 11.5 Å². The molecule has 25 nitrogen and oxygen atoms in total. The van der Waals surface area contributed by atoms with E-state index in [-0.39, 0.29) is 81.2 Å². The number of phenolic OH excluding ortho intramolecular Hbond substituents is 2. The van der Waals surface area contributed by atoms with Crippen LogP contribution in [0.3, 0.4) is 0 Å². The van der Waals surface area contributed by atoms with Gasteiger partial charge in [-0.15, -0.1) is 25.7 Å². The largest absolute Gasteiger partial charge is 1.00 e. The van der Waals surface area contributed by atoms with Gasteiger partial charge in [-0.05, 0) is 92.2 Å². The van der Waals surface area contributed by atoms with Gasteiger partial charge in [0.2, 0.25) is 0 Å². The van der Waals surface area contributed by atoms with Crippen molar-refractivity contribution in [2.24, 2.45) is 27.0 Å². The Balaban J connectivity index is 0.000000333. The van der Waals surface area contributed by atoms with E-state index in [2.05, 4.69) is 140 Å². The molecule has 0 saturated heterocycles. The fourth-order valence-corrected chi connectivity index (χ4v) is 7.34. The van der Waals surface area contributed by atoms with E-state index in [1.54, 1.807) is 28.9 Å². The number of aromatic nitrogens is 12. The SMILES string of the molecule is CC(C)(C)Cn1nnc2c(Br)c(O)ccc21.CC(C)(C)Cn1nnc2cc(N)ccc21.CC(C)(C)Cn1nnc2cc(O)ccc21.CC(C)(C)Cn1nnc2cc([N+](=O)[O-])ccc21.Nc1cc([N+](=O)[O-])ccc1F.O=N[O-].[HH].[Na+]. The van der Waals surface area contributed by atoms with Gasteiger partial charge in [0.25, 0.3) is 11.4 Å². The van der Waals surface area contributed by atoms with Gasteiger partial charge in [-0.25, -0.2) is 23.1 Å². The number of halogens is 2. The number of aromatic hydroxyl groups is 2. The van der Waals surface area contributed by atoms with Crippen LogP contribution in [0, 0.1) is 57.8 Å². The standard InChI is InChI=1S/C11H14BrN3O.C11H14N4O2.C11H16N4.C11H15N3O.C6H5FN2O2.HNO2.Na.H2/c1-11(2,3)6-15-7-4-5-8(16)9(12)10(7)13-14-15;1-11(2,3)7-14-10-5-4-8(15(16)17)6-9(10)12-13-14;1-11(2,3)7-15-10-5-4-8(12)6-9(10)13-14-15;1-11(2,3)7-14-10-5-4-8(15)6-9(10)12-13-14;7-5-2-1-4(9(10)11)3-6(5)8;2-1-3;;/h4-5,16H,6H2,1-3H3;4-6H,7H2,1-3H3;4-6H,7,12H2,1-3H3;4-6,15H,7H2,1-3H3;1-3H,8H2;(H,2,3);;1H/q;;;;;;+1;/p-1. The molecule has 4 aromatic heterocycles. The summed E-state index contributed by atoms with van der Waals surface area (Å²) in [5.74, 6) is -0.226. The van der Waals surface area contributed by atoms with E-state index in [1.165, 1.54) is 12.1 Å². The Bertz CT molecular complexity index is 3380. The van der Waals surface area contributed by atoms with Crippen molar-refractivity contribution in [2.45, 2.75) is 109 Å².